The van der Waals surface area contributed by atoms with Gasteiger partial charge in [0, 0.05) is 6.42 Å². The number of aromatic nitrogens is 2. The molecule has 0 aliphatic rings. The molecule has 0 aliphatic carbocycles. The van der Waals surface area contributed by atoms with Crippen LogP contribution in [0.5, 0.6) is 0 Å². The van der Waals surface area contributed by atoms with Gasteiger partial charge >= 0.3 is 5.97 Å². The van der Waals surface area contributed by atoms with Crippen LogP contribution in [-0.4, -0.2) is 29.3 Å². The molecule has 0 amide bonds. The number of rotatable bonds is 3. The molecule has 0 saturated carbocycles. The van der Waals surface area contributed by atoms with Gasteiger partial charge in [-0.1, -0.05) is 0 Å². The van der Waals surface area contributed by atoms with Gasteiger partial charge in [0.15, 0.2) is 0 Å². The van der Waals surface area contributed by atoms with Crippen LogP contribution in [0, 0.1) is 0 Å². The summed E-state index contributed by atoms with van der Waals surface area (Å²) in [6.45, 7) is 0. The van der Waals surface area contributed by atoms with Crippen molar-refractivity contribution in [2.24, 2.45) is 5.73 Å². The van der Waals surface area contributed by atoms with E-state index in [0.29, 0.717) is 16.7 Å². The third-order valence-electron chi connectivity index (χ3n) is 1.62. The highest BCUT2D eigenvalue weighted by molar-refractivity contribution is 9.10. The molecule has 76 valence electrons. The smallest absolute Gasteiger partial charge is 0.323 e. The molecule has 0 aromatic carbocycles. The molecular weight excluding hydrogens is 250 g/mol. The van der Waals surface area contributed by atoms with Crippen molar-refractivity contribution in [2.45, 2.75) is 12.5 Å². The van der Waals surface area contributed by atoms with E-state index >= 15 is 0 Å². The number of carbonyl (C=O) groups is 1. The van der Waals surface area contributed by atoms with Crippen molar-refractivity contribution in [3.63, 3.8) is 0 Å². The summed E-state index contributed by atoms with van der Waals surface area (Å²) in [5, 5.41) is 7.63. The van der Waals surface area contributed by atoms with Gasteiger partial charge in [-0.25, -0.2) is 0 Å². The second-order valence-corrected chi connectivity index (χ2v) is 3.49. The predicted octanol–water partition coefficient (Wildman–Crippen LogP) is 0.282. The van der Waals surface area contributed by atoms with Gasteiger partial charge in [0.05, 0.1) is 12.8 Å². The molecule has 0 saturated heterocycles. The summed E-state index contributed by atoms with van der Waals surface area (Å²) in [6, 6.07) is 2.81. The fourth-order valence-electron chi connectivity index (χ4n) is 0.913. The van der Waals surface area contributed by atoms with E-state index < -0.39 is 12.0 Å². The van der Waals surface area contributed by atoms with Gasteiger partial charge in [0.1, 0.15) is 10.6 Å². The largest absolute Gasteiger partial charge is 0.468 e. The molecule has 1 aromatic rings. The van der Waals surface area contributed by atoms with Crippen LogP contribution in [0.15, 0.2) is 16.7 Å². The summed E-state index contributed by atoms with van der Waals surface area (Å²) >= 11 is 3.16. The summed E-state index contributed by atoms with van der Waals surface area (Å²) in [5.41, 5.74) is 6.20. The first-order valence-corrected chi connectivity index (χ1v) is 4.74. The molecule has 0 fully saturated rings. The van der Waals surface area contributed by atoms with Crippen LogP contribution in [0.4, 0.5) is 0 Å². The number of nitrogens with two attached hydrogens (primary N) is 1. The minimum Gasteiger partial charge on any atom is -0.468 e. The van der Waals surface area contributed by atoms with Crippen molar-refractivity contribution in [1.29, 1.82) is 0 Å². The normalized spacial score (nSPS) is 12.2. The van der Waals surface area contributed by atoms with E-state index in [0.717, 1.165) is 0 Å². The molecule has 0 radical (unpaired) electrons. The Balaban J connectivity index is 2.60. The topological polar surface area (TPSA) is 78.1 Å². The second-order valence-electron chi connectivity index (χ2n) is 2.68. The van der Waals surface area contributed by atoms with Crippen LogP contribution in [0.3, 0.4) is 0 Å². The van der Waals surface area contributed by atoms with Crippen molar-refractivity contribution in [3.8, 4) is 0 Å². The molecule has 1 heterocycles. The number of hydrogen-bond acceptors (Lipinski definition) is 5. The highest BCUT2D eigenvalue weighted by Crippen LogP contribution is 2.05. The van der Waals surface area contributed by atoms with Crippen LogP contribution in [-0.2, 0) is 16.0 Å². The van der Waals surface area contributed by atoms with E-state index in [1.54, 1.807) is 12.1 Å². The Morgan fingerprint density at radius 1 is 1.64 bits per heavy atom. The van der Waals surface area contributed by atoms with Gasteiger partial charge < -0.3 is 10.5 Å². The zero-order valence-electron chi connectivity index (χ0n) is 7.61. The van der Waals surface area contributed by atoms with Gasteiger partial charge in [0.2, 0.25) is 0 Å². The Morgan fingerprint density at radius 3 is 2.86 bits per heavy atom. The number of esters is 1. The zero-order chi connectivity index (χ0) is 10.6. The van der Waals surface area contributed by atoms with Crippen LogP contribution in [0.25, 0.3) is 0 Å². The van der Waals surface area contributed by atoms with Crippen molar-refractivity contribution >= 4 is 21.9 Å². The molecule has 6 heteroatoms. The molecule has 1 rings (SSSR count). The number of nitrogens with zero attached hydrogens (tertiary/aromatic N) is 2. The molecule has 0 unspecified atom stereocenters. The summed E-state index contributed by atoms with van der Waals surface area (Å²) in [6.07, 6.45) is 0.326. The number of carbonyl (C=O) groups excluding carboxylic acids is 1. The fraction of sp³-hybridized carbons (Fsp3) is 0.375. The lowest BCUT2D eigenvalue weighted by Gasteiger charge is -2.07. The van der Waals surface area contributed by atoms with Crippen LogP contribution in [0.2, 0.25) is 0 Å². The van der Waals surface area contributed by atoms with Crippen molar-refractivity contribution < 1.29 is 9.53 Å². The average molecular weight is 260 g/mol. The predicted molar refractivity (Wildman–Crippen MR) is 53.4 cm³/mol. The maximum absolute atomic E-state index is 11.0. The summed E-state index contributed by atoms with van der Waals surface area (Å²) < 4.78 is 5.13. The molecular formula is C8H10BrN3O2. The van der Waals surface area contributed by atoms with E-state index in [4.69, 9.17) is 5.73 Å². The Labute approximate surface area is 89.8 Å². The lowest BCUT2D eigenvalue weighted by atomic mass is 10.1. The van der Waals surface area contributed by atoms with Crippen LogP contribution >= 0.6 is 15.9 Å². The first-order valence-electron chi connectivity index (χ1n) is 3.95. The van der Waals surface area contributed by atoms with E-state index in [1.165, 1.54) is 7.11 Å². The summed E-state index contributed by atoms with van der Waals surface area (Å²) in [5.74, 6) is -0.449. The maximum atomic E-state index is 11.0. The third kappa shape index (κ3) is 3.04. The van der Waals surface area contributed by atoms with Gasteiger partial charge in [-0.15, -0.1) is 5.10 Å². The zero-order valence-corrected chi connectivity index (χ0v) is 9.19. The first-order chi connectivity index (χ1) is 6.63. The average Bonchev–Trinajstić information content (AvgIpc) is 2.20. The highest BCUT2D eigenvalue weighted by Gasteiger charge is 2.14. The van der Waals surface area contributed by atoms with E-state index in [-0.39, 0.29) is 0 Å². The number of hydrogen-bond donors (Lipinski definition) is 1. The molecule has 0 spiro atoms. The summed E-state index contributed by atoms with van der Waals surface area (Å²) in [7, 11) is 1.30. The number of methoxy groups -OCH3 is 1. The van der Waals surface area contributed by atoms with Gasteiger partial charge in [0.25, 0.3) is 0 Å². The van der Waals surface area contributed by atoms with E-state index in [2.05, 4.69) is 30.9 Å². The quantitative estimate of drug-likeness (QED) is 0.790. The molecule has 0 bridgehead atoms. The minimum absolute atomic E-state index is 0.326. The standard InChI is InChI=1S/C8H10BrN3O2/c1-14-8(13)6(10)4-5-2-3-7(9)12-11-5/h2-3,6H,4,10H2,1H3/t6-/m0/s1. The molecule has 1 atom stereocenters. The molecule has 14 heavy (non-hydrogen) atoms. The Bertz CT molecular complexity index is 315. The number of ether oxygens (including phenoxy) is 1. The monoisotopic (exact) mass is 259 g/mol. The molecule has 2 N–H and O–H groups in total. The molecule has 1 aromatic heterocycles. The van der Waals surface area contributed by atoms with E-state index in [9.17, 15) is 4.79 Å². The van der Waals surface area contributed by atoms with Crippen molar-refractivity contribution in [2.75, 3.05) is 7.11 Å². The summed E-state index contributed by atoms with van der Waals surface area (Å²) in [4.78, 5) is 11.0. The molecule has 5 nitrogen and oxygen atoms in total. The number of halogens is 1. The van der Waals surface area contributed by atoms with Gasteiger partial charge in [-0.05, 0) is 28.1 Å². The van der Waals surface area contributed by atoms with E-state index in [1.807, 2.05) is 0 Å². The van der Waals surface area contributed by atoms with Gasteiger partial charge in [-0.3, -0.25) is 4.79 Å². The van der Waals surface area contributed by atoms with Crippen molar-refractivity contribution in [1.82, 2.24) is 10.2 Å². The second kappa shape index (κ2) is 5.02. The maximum Gasteiger partial charge on any atom is 0.323 e. The Morgan fingerprint density at radius 2 is 2.36 bits per heavy atom. The van der Waals surface area contributed by atoms with Crippen LogP contribution < -0.4 is 5.73 Å². The lowest BCUT2D eigenvalue weighted by Crippen LogP contribution is -2.33. The van der Waals surface area contributed by atoms with Crippen molar-refractivity contribution in [3.05, 3.63) is 22.4 Å². The Kier molecular flexibility index (Phi) is 3.97. The van der Waals surface area contributed by atoms with Gasteiger partial charge in [-0.2, -0.15) is 5.10 Å². The first kappa shape index (κ1) is 11.1. The third-order valence-corrected chi connectivity index (χ3v) is 2.04. The van der Waals surface area contributed by atoms with Crippen LogP contribution in [0.1, 0.15) is 5.69 Å². The SMILES string of the molecule is COC(=O)[C@@H](N)Cc1ccc(Br)nn1. The molecule has 0 aliphatic heterocycles. The minimum atomic E-state index is -0.685. The lowest BCUT2D eigenvalue weighted by molar-refractivity contribution is -0.142. The highest BCUT2D eigenvalue weighted by atomic mass is 79.9. The Hall–Kier alpha value is -1.01. The fourth-order valence-corrected chi connectivity index (χ4v) is 1.12.